The van der Waals surface area contributed by atoms with Crippen molar-refractivity contribution in [3.05, 3.63) is 81.3 Å². The fraction of sp³-hybridized carbons (Fsp3) is 0.0455. The maximum atomic E-state index is 12.5. The number of carbonyl (C=O) groups excluding carboxylic acids is 1. The van der Waals surface area contributed by atoms with E-state index in [1.165, 1.54) is 12.1 Å². The molecule has 0 fully saturated rings. The van der Waals surface area contributed by atoms with E-state index in [2.05, 4.69) is 31.4 Å². The van der Waals surface area contributed by atoms with Crippen LogP contribution in [0.5, 0.6) is 11.5 Å². The van der Waals surface area contributed by atoms with Gasteiger partial charge < -0.3 is 15.5 Å². The van der Waals surface area contributed by atoms with Crippen molar-refractivity contribution >= 4 is 45.0 Å². The second-order valence-electron chi connectivity index (χ2n) is 6.93. The van der Waals surface area contributed by atoms with Crippen LogP contribution in [-0.2, 0) is 4.79 Å². The number of hydrogen-bond acceptors (Lipinski definition) is 8. The predicted octanol–water partition coefficient (Wildman–Crippen LogP) is 4.75. The first kappa shape index (κ1) is 23.3. The number of aromatic nitrogens is 3. The number of nitrogens with one attached hydrogen (secondary N) is 1. The SMILES string of the molecule is O=C(CSc1nnc(-c2cc(Br)ccc2O)n1-c1ccccc1)Nc1ccc([N+](=O)[O-])cc1O. The minimum absolute atomic E-state index is 0.0238. The van der Waals surface area contributed by atoms with Crippen LogP contribution in [0.1, 0.15) is 0 Å². The lowest BCUT2D eigenvalue weighted by Gasteiger charge is -2.11. The predicted molar refractivity (Wildman–Crippen MR) is 130 cm³/mol. The normalized spacial score (nSPS) is 10.7. The van der Waals surface area contributed by atoms with Crippen molar-refractivity contribution in [2.75, 3.05) is 11.1 Å². The molecule has 0 aliphatic carbocycles. The summed E-state index contributed by atoms with van der Waals surface area (Å²) in [6.45, 7) is 0. The number of nitro benzene ring substituents is 1. The second kappa shape index (κ2) is 9.93. The lowest BCUT2D eigenvalue weighted by molar-refractivity contribution is -0.384. The van der Waals surface area contributed by atoms with Gasteiger partial charge in [-0.1, -0.05) is 45.9 Å². The van der Waals surface area contributed by atoms with Crippen LogP contribution >= 0.6 is 27.7 Å². The van der Waals surface area contributed by atoms with E-state index in [1.807, 2.05) is 30.3 Å². The first-order chi connectivity index (χ1) is 16.3. The summed E-state index contributed by atoms with van der Waals surface area (Å²) in [6, 6.07) is 17.6. The van der Waals surface area contributed by atoms with E-state index in [1.54, 1.807) is 22.8 Å². The summed E-state index contributed by atoms with van der Waals surface area (Å²) in [5, 5.41) is 42.6. The van der Waals surface area contributed by atoms with E-state index < -0.39 is 16.6 Å². The van der Waals surface area contributed by atoms with Crippen molar-refractivity contribution in [1.29, 1.82) is 0 Å². The molecule has 1 aromatic heterocycles. The molecular formula is C22H16BrN5O5S. The van der Waals surface area contributed by atoms with Crippen molar-refractivity contribution in [2.24, 2.45) is 0 Å². The van der Waals surface area contributed by atoms with Crippen LogP contribution < -0.4 is 5.32 Å². The number of amides is 1. The topological polar surface area (TPSA) is 143 Å². The number of carbonyl (C=O) groups is 1. The first-order valence-corrected chi connectivity index (χ1v) is 11.5. The summed E-state index contributed by atoms with van der Waals surface area (Å²) in [5.74, 6) is -0.529. The number of phenolic OH excluding ortho intramolecular Hbond substituents is 2. The number of halogens is 1. The van der Waals surface area contributed by atoms with Gasteiger partial charge in [0.25, 0.3) is 5.69 Å². The third kappa shape index (κ3) is 5.02. The Hall–Kier alpha value is -3.90. The van der Waals surface area contributed by atoms with Crippen LogP contribution in [0.15, 0.2) is 76.4 Å². The number of rotatable bonds is 7. The number of phenols is 2. The number of anilines is 1. The Kier molecular flexibility index (Phi) is 6.80. The van der Waals surface area contributed by atoms with Crippen LogP contribution in [0.3, 0.4) is 0 Å². The minimum atomic E-state index is -0.641. The number of thioether (sulfide) groups is 1. The molecule has 10 nitrogen and oxygen atoms in total. The van der Waals surface area contributed by atoms with Crippen molar-refractivity contribution in [3.8, 4) is 28.6 Å². The van der Waals surface area contributed by atoms with Gasteiger partial charge in [0.1, 0.15) is 11.5 Å². The highest BCUT2D eigenvalue weighted by Crippen LogP contribution is 2.35. The summed E-state index contributed by atoms with van der Waals surface area (Å²) in [5.41, 5.74) is 0.959. The molecule has 0 bridgehead atoms. The maximum Gasteiger partial charge on any atom is 0.273 e. The molecule has 0 aliphatic rings. The summed E-state index contributed by atoms with van der Waals surface area (Å²) in [7, 11) is 0. The lowest BCUT2D eigenvalue weighted by atomic mass is 10.2. The average Bonchev–Trinajstić information content (AvgIpc) is 3.24. The Bertz CT molecular complexity index is 1380. The zero-order valence-corrected chi connectivity index (χ0v) is 19.7. The lowest BCUT2D eigenvalue weighted by Crippen LogP contribution is -2.14. The highest BCUT2D eigenvalue weighted by atomic mass is 79.9. The molecule has 0 unspecified atom stereocenters. The highest BCUT2D eigenvalue weighted by Gasteiger charge is 2.20. The van der Waals surface area contributed by atoms with Gasteiger partial charge in [-0.05, 0) is 36.4 Å². The third-order valence-electron chi connectivity index (χ3n) is 4.65. The zero-order valence-electron chi connectivity index (χ0n) is 17.3. The molecule has 1 amide bonds. The Balaban J connectivity index is 1.59. The fourth-order valence-corrected chi connectivity index (χ4v) is 4.20. The summed E-state index contributed by atoms with van der Waals surface area (Å²) < 4.78 is 2.47. The van der Waals surface area contributed by atoms with E-state index in [-0.39, 0.29) is 22.9 Å². The molecule has 0 aliphatic heterocycles. The molecule has 0 saturated heterocycles. The summed E-state index contributed by atoms with van der Waals surface area (Å²) >= 11 is 4.50. The van der Waals surface area contributed by atoms with Gasteiger partial charge in [-0.15, -0.1) is 10.2 Å². The number of nitro groups is 1. The number of hydrogen-bond donors (Lipinski definition) is 3. The molecule has 3 aromatic carbocycles. The first-order valence-electron chi connectivity index (χ1n) is 9.73. The van der Waals surface area contributed by atoms with E-state index in [9.17, 15) is 25.1 Å². The number of aromatic hydroxyl groups is 2. The smallest absolute Gasteiger partial charge is 0.273 e. The van der Waals surface area contributed by atoms with Crippen molar-refractivity contribution < 1.29 is 19.9 Å². The zero-order chi connectivity index (χ0) is 24.2. The standard InChI is InChI=1S/C22H16BrN5O5S/c23-13-6-9-18(29)16(10-13)21-25-26-22(27(21)14-4-2-1-3-5-14)34-12-20(31)24-17-8-7-15(28(32)33)11-19(17)30/h1-11,29-30H,12H2,(H,24,31). The van der Waals surface area contributed by atoms with Crippen LogP contribution in [-0.4, -0.2) is 41.6 Å². The summed E-state index contributed by atoms with van der Waals surface area (Å²) in [4.78, 5) is 22.7. The molecular weight excluding hydrogens is 526 g/mol. The molecule has 0 saturated carbocycles. The molecule has 3 N–H and O–H groups in total. The number of non-ortho nitro benzene ring substituents is 1. The molecule has 34 heavy (non-hydrogen) atoms. The maximum absolute atomic E-state index is 12.5. The Morgan fingerprint density at radius 1 is 1.06 bits per heavy atom. The van der Waals surface area contributed by atoms with Crippen LogP contribution in [0.4, 0.5) is 11.4 Å². The van der Waals surface area contributed by atoms with E-state index in [0.29, 0.717) is 16.5 Å². The molecule has 1 heterocycles. The van der Waals surface area contributed by atoms with Crippen LogP contribution in [0.2, 0.25) is 0 Å². The van der Waals surface area contributed by atoms with Gasteiger partial charge in [0, 0.05) is 16.2 Å². The Morgan fingerprint density at radius 2 is 1.82 bits per heavy atom. The van der Waals surface area contributed by atoms with E-state index in [0.717, 1.165) is 28.0 Å². The van der Waals surface area contributed by atoms with Gasteiger partial charge >= 0.3 is 0 Å². The molecule has 172 valence electrons. The third-order valence-corrected chi connectivity index (χ3v) is 6.07. The van der Waals surface area contributed by atoms with E-state index in [4.69, 9.17) is 0 Å². The molecule has 4 aromatic rings. The molecule has 0 atom stereocenters. The van der Waals surface area contributed by atoms with Gasteiger partial charge in [-0.25, -0.2) is 0 Å². The Morgan fingerprint density at radius 3 is 2.53 bits per heavy atom. The number of nitrogens with zero attached hydrogens (tertiary/aromatic N) is 4. The quantitative estimate of drug-likeness (QED) is 0.131. The largest absolute Gasteiger partial charge is 0.507 e. The van der Waals surface area contributed by atoms with Gasteiger partial charge in [-0.2, -0.15) is 0 Å². The number of para-hydroxylation sites is 1. The van der Waals surface area contributed by atoms with Gasteiger partial charge in [0.05, 0.1) is 28.0 Å². The molecule has 4 rings (SSSR count). The molecule has 0 spiro atoms. The fourth-order valence-electron chi connectivity index (χ4n) is 3.09. The van der Waals surface area contributed by atoms with Crippen molar-refractivity contribution in [1.82, 2.24) is 14.8 Å². The Labute approximate surface area is 205 Å². The van der Waals surface area contributed by atoms with Crippen LogP contribution in [0.25, 0.3) is 17.1 Å². The van der Waals surface area contributed by atoms with Gasteiger partial charge in [0.15, 0.2) is 11.0 Å². The van der Waals surface area contributed by atoms with Crippen molar-refractivity contribution in [2.45, 2.75) is 5.16 Å². The average molecular weight is 542 g/mol. The van der Waals surface area contributed by atoms with E-state index >= 15 is 0 Å². The monoisotopic (exact) mass is 541 g/mol. The molecule has 0 radical (unpaired) electrons. The minimum Gasteiger partial charge on any atom is -0.507 e. The van der Waals surface area contributed by atoms with Gasteiger partial charge in [-0.3, -0.25) is 19.5 Å². The van der Waals surface area contributed by atoms with Crippen LogP contribution in [0, 0.1) is 10.1 Å². The summed E-state index contributed by atoms with van der Waals surface area (Å²) in [6.07, 6.45) is 0. The second-order valence-corrected chi connectivity index (χ2v) is 8.79. The molecule has 12 heteroatoms. The number of benzene rings is 3. The highest BCUT2D eigenvalue weighted by molar-refractivity contribution is 9.10. The van der Waals surface area contributed by atoms with Gasteiger partial charge in [0.2, 0.25) is 5.91 Å². The van der Waals surface area contributed by atoms with Crippen molar-refractivity contribution in [3.63, 3.8) is 0 Å².